The smallest absolute Gasteiger partial charge is 0.337 e. The lowest BCUT2D eigenvalue weighted by Crippen LogP contribution is -2.10. The highest BCUT2D eigenvalue weighted by molar-refractivity contribution is 9.10. The van der Waals surface area contributed by atoms with Crippen LogP contribution < -0.4 is 4.74 Å². The molecule has 5 nitrogen and oxygen atoms in total. The predicted molar refractivity (Wildman–Crippen MR) is 91.2 cm³/mol. The normalized spacial score (nSPS) is 14.0. The molecule has 0 unspecified atom stereocenters. The maximum atomic E-state index is 12.6. The molecule has 0 saturated heterocycles. The summed E-state index contributed by atoms with van der Waals surface area (Å²) in [4.78, 5) is 16.2. The Morgan fingerprint density at radius 1 is 1.44 bits per heavy atom. The van der Waals surface area contributed by atoms with E-state index in [1.54, 1.807) is 12.1 Å². The number of hydrogen-bond acceptors (Lipinski definition) is 4. The number of alkyl halides is 2. The van der Waals surface area contributed by atoms with Crippen LogP contribution in [-0.2, 0) is 11.8 Å². The summed E-state index contributed by atoms with van der Waals surface area (Å²) in [5, 5.41) is 0. The topological polar surface area (TPSA) is 53.3 Å². The van der Waals surface area contributed by atoms with Crippen molar-refractivity contribution in [3.63, 3.8) is 0 Å². The van der Waals surface area contributed by atoms with Crippen LogP contribution in [0.2, 0.25) is 0 Å². The number of carbonyl (C=O) groups excluding carboxylic acids is 1. The van der Waals surface area contributed by atoms with Crippen molar-refractivity contribution in [3.8, 4) is 17.1 Å². The van der Waals surface area contributed by atoms with Crippen molar-refractivity contribution in [1.82, 2.24) is 9.55 Å². The van der Waals surface area contributed by atoms with E-state index in [0.717, 1.165) is 23.1 Å². The molecule has 3 rings (SSSR count). The SMILES string of the molecule is COC(=O)c1ccc(-c2nc(Br)c(C3CC3)n2C)c(OCC(F)F)c1. The van der Waals surface area contributed by atoms with Crippen LogP contribution in [0.1, 0.15) is 34.8 Å². The first kappa shape index (κ1) is 17.8. The second-order valence-electron chi connectivity index (χ2n) is 5.85. The van der Waals surface area contributed by atoms with E-state index in [1.165, 1.54) is 13.2 Å². The van der Waals surface area contributed by atoms with Crippen molar-refractivity contribution >= 4 is 21.9 Å². The van der Waals surface area contributed by atoms with Gasteiger partial charge in [-0.05, 0) is 47.0 Å². The van der Waals surface area contributed by atoms with Gasteiger partial charge in [0.1, 0.15) is 22.8 Å². The van der Waals surface area contributed by atoms with Crippen LogP contribution in [0.4, 0.5) is 8.78 Å². The maximum absolute atomic E-state index is 12.6. The third-order valence-electron chi connectivity index (χ3n) is 4.07. The first-order valence-corrected chi connectivity index (χ1v) is 8.57. The number of aromatic nitrogens is 2. The molecule has 0 N–H and O–H groups in total. The van der Waals surface area contributed by atoms with Gasteiger partial charge in [-0.15, -0.1) is 0 Å². The van der Waals surface area contributed by atoms with Gasteiger partial charge >= 0.3 is 5.97 Å². The largest absolute Gasteiger partial charge is 0.487 e. The van der Waals surface area contributed by atoms with Gasteiger partial charge in [0.05, 0.1) is 23.9 Å². The Balaban J connectivity index is 2.05. The average Bonchev–Trinajstić information content (AvgIpc) is 3.37. The van der Waals surface area contributed by atoms with Gasteiger partial charge in [0.2, 0.25) is 0 Å². The number of halogens is 3. The van der Waals surface area contributed by atoms with Crippen LogP contribution in [0.3, 0.4) is 0 Å². The summed E-state index contributed by atoms with van der Waals surface area (Å²) in [5.74, 6) is 0.661. The van der Waals surface area contributed by atoms with Gasteiger partial charge in [-0.1, -0.05) is 0 Å². The highest BCUT2D eigenvalue weighted by atomic mass is 79.9. The number of rotatable bonds is 6. The van der Waals surface area contributed by atoms with E-state index in [4.69, 9.17) is 4.74 Å². The van der Waals surface area contributed by atoms with E-state index in [0.29, 0.717) is 17.3 Å². The molecule has 1 aromatic carbocycles. The lowest BCUT2D eigenvalue weighted by molar-refractivity contribution is 0.0599. The molecule has 0 bridgehead atoms. The zero-order chi connectivity index (χ0) is 18.1. The fourth-order valence-corrected chi connectivity index (χ4v) is 3.50. The Labute approximate surface area is 152 Å². The molecule has 134 valence electrons. The van der Waals surface area contributed by atoms with Crippen LogP contribution in [0.5, 0.6) is 5.75 Å². The van der Waals surface area contributed by atoms with Crippen molar-refractivity contribution in [2.75, 3.05) is 13.7 Å². The molecule has 0 radical (unpaired) electrons. The Hall–Kier alpha value is -1.96. The van der Waals surface area contributed by atoms with Gasteiger partial charge in [0.25, 0.3) is 6.43 Å². The maximum Gasteiger partial charge on any atom is 0.337 e. The minimum Gasteiger partial charge on any atom is -0.487 e. The number of nitrogens with zero attached hydrogens (tertiary/aromatic N) is 2. The highest BCUT2D eigenvalue weighted by Gasteiger charge is 2.31. The number of ether oxygens (including phenoxy) is 2. The fourth-order valence-electron chi connectivity index (χ4n) is 2.74. The number of hydrogen-bond donors (Lipinski definition) is 0. The second kappa shape index (κ2) is 7.11. The molecule has 1 fully saturated rings. The van der Waals surface area contributed by atoms with Crippen LogP contribution in [0.15, 0.2) is 22.8 Å². The molecule has 25 heavy (non-hydrogen) atoms. The zero-order valence-electron chi connectivity index (χ0n) is 13.8. The summed E-state index contributed by atoms with van der Waals surface area (Å²) >= 11 is 3.47. The third kappa shape index (κ3) is 3.68. The van der Waals surface area contributed by atoms with Gasteiger partial charge in [-0.25, -0.2) is 18.6 Å². The molecule has 1 aliphatic carbocycles. The monoisotopic (exact) mass is 414 g/mol. The lowest BCUT2D eigenvalue weighted by Gasteiger charge is -2.13. The number of methoxy groups -OCH3 is 1. The number of benzene rings is 1. The summed E-state index contributed by atoms with van der Waals surface area (Å²) in [6.45, 7) is -0.765. The molecule has 1 saturated carbocycles. The zero-order valence-corrected chi connectivity index (χ0v) is 15.3. The molecule has 0 aliphatic heterocycles. The summed E-state index contributed by atoms with van der Waals surface area (Å²) in [7, 11) is 3.14. The summed E-state index contributed by atoms with van der Waals surface area (Å²) in [5.41, 5.74) is 1.85. The van der Waals surface area contributed by atoms with E-state index in [-0.39, 0.29) is 11.3 Å². The molecule has 1 heterocycles. The molecule has 0 atom stereocenters. The lowest BCUT2D eigenvalue weighted by atomic mass is 10.1. The first-order chi connectivity index (χ1) is 11.9. The summed E-state index contributed by atoms with van der Waals surface area (Å²) < 4.78 is 37.8. The predicted octanol–water partition coefficient (Wildman–Crippen LogP) is 4.16. The molecule has 1 aliphatic rings. The Morgan fingerprint density at radius 2 is 2.16 bits per heavy atom. The van der Waals surface area contributed by atoms with Crippen LogP contribution in [0.25, 0.3) is 11.4 Å². The van der Waals surface area contributed by atoms with E-state index in [2.05, 4.69) is 25.7 Å². The molecule has 1 aromatic heterocycles. The standard InChI is InChI=1S/C17H17BrF2N2O3/c1-22-14(9-3-4-9)15(18)21-16(22)11-6-5-10(17(23)24-2)7-12(11)25-8-13(19)20/h5-7,9,13H,3-4,8H2,1-2H3. The van der Waals surface area contributed by atoms with E-state index in [9.17, 15) is 13.6 Å². The minimum atomic E-state index is -2.62. The molecule has 0 spiro atoms. The minimum absolute atomic E-state index is 0.172. The number of imidazole rings is 1. The van der Waals surface area contributed by atoms with E-state index >= 15 is 0 Å². The van der Waals surface area contributed by atoms with E-state index < -0.39 is 19.0 Å². The number of carbonyl (C=O) groups is 1. The van der Waals surface area contributed by atoms with Gasteiger partial charge in [0, 0.05) is 13.0 Å². The van der Waals surface area contributed by atoms with Gasteiger partial charge in [0.15, 0.2) is 0 Å². The Kier molecular flexibility index (Phi) is 5.08. The van der Waals surface area contributed by atoms with Crippen molar-refractivity contribution in [3.05, 3.63) is 34.1 Å². The van der Waals surface area contributed by atoms with Crippen molar-refractivity contribution in [1.29, 1.82) is 0 Å². The molecule has 0 amide bonds. The second-order valence-corrected chi connectivity index (χ2v) is 6.60. The summed E-state index contributed by atoms with van der Waals surface area (Å²) in [6.07, 6.45) is -0.411. The fraction of sp³-hybridized carbons (Fsp3) is 0.412. The first-order valence-electron chi connectivity index (χ1n) is 7.78. The number of esters is 1. The third-order valence-corrected chi connectivity index (χ3v) is 4.65. The van der Waals surface area contributed by atoms with Crippen molar-refractivity contribution in [2.45, 2.75) is 25.2 Å². The van der Waals surface area contributed by atoms with Crippen LogP contribution in [0, 0.1) is 0 Å². The van der Waals surface area contributed by atoms with Crippen molar-refractivity contribution in [2.24, 2.45) is 7.05 Å². The summed E-state index contributed by atoms with van der Waals surface area (Å²) in [6, 6.07) is 4.61. The molecular formula is C17H17BrF2N2O3. The van der Waals surface area contributed by atoms with Crippen LogP contribution >= 0.6 is 15.9 Å². The van der Waals surface area contributed by atoms with Gasteiger partial charge in [-0.3, -0.25) is 0 Å². The average molecular weight is 415 g/mol. The van der Waals surface area contributed by atoms with Gasteiger partial charge < -0.3 is 14.0 Å². The quantitative estimate of drug-likeness (QED) is 0.666. The Bertz CT molecular complexity index is 803. The highest BCUT2D eigenvalue weighted by Crippen LogP contribution is 2.45. The van der Waals surface area contributed by atoms with Crippen molar-refractivity contribution < 1.29 is 23.0 Å². The Morgan fingerprint density at radius 3 is 2.76 bits per heavy atom. The molecule has 8 heteroatoms. The van der Waals surface area contributed by atoms with Gasteiger partial charge in [-0.2, -0.15) is 0 Å². The molecule has 2 aromatic rings. The van der Waals surface area contributed by atoms with E-state index in [1.807, 2.05) is 11.6 Å². The molecular weight excluding hydrogens is 398 g/mol. The van der Waals surface area contributed by atoms with Crippen LogP contribution in [-0.4, -0.2) is 35.7 Å².